The molecule has 0 unspecified atom stereocenters. The molecule has 1 nitrogen and oxygen atoms in total. The van der Waals surface area contributed by atoms with E-state index in [2.05, 4.69) is 59.0 Å². The molecule has 0 aromatic carbocycles. The van der Waals surface area contributed by atoms with Crippen LogP contribution in [0.25, 0.3) is 0 Å². The molecule has 0 spiro atoms. The van der Waals surface area contributed by atoms with E-state index < -0.39 is 0 Å². The Hall–Kier alpha value is -0.560. The van der Waals surface area contributed by atoms with E-state index in [0.29, 0.717) is 0 Å². The lowest BCUT2D eigenvalue weighted by atomic mass is 10.1. The van der Waals surface area contributed by atoms with Crippen molar-refractivity contribution >= 4 is 0 Å². The van der Waals surface area contributed by atoms with Crippen LogP contribution >= 0.6 is 0 Å². The molecule has 0 heterocycles. The Morgan fingerprint density at radius 3 is 1.87 bits per heavy atom. The first-order valence-corrected chi connectivity index (χ1v) is 6.04. The quantitative estimate of drug-likeness (QED) is 0.668. The Balaban J connectivity index is 0. The lowest BCUT2D eigenvalue weighted by Gasteiger charge is -1.95. The summed E-state index contributed by atoms with van der Waals surface area (Å²) in [5.41, 5.74) is 2.90. The highest BCUT2D eigenvalue weighted by atomic mass is 14.8. The van der Waals surface area contributed by atoms with Crippen LogP contribution in [0, 0.1) is 0 Å². The molecule has 0 aliphatic rings. The van der Waals surface area contributed by atoms with Crippen molar-refractivity contribution in [3.63, 3.8) is 0 Å². The van der Waals surface area contributed by atoms with E-state index in [1.807, 2.05) is 0 Å². The zero-order chi connectivity index (χ0) is 12.1. The number of nitrogens with one attached hydrogen (secondary N) is 1. The van der Waals surface area contributed by atoms with Gasteiger partial charge in [-0.05, 0) is 53.6 Å². The van der Waals surface area contributed by atoms with E-state index in [4.69, 9.17) is 0 Å². The van der Waals surface area contributed by atoms with Crippen molar-refractivity contribution in [2.75, 3.05) is 13.1 Å². The van der Waals surface area contributed by atoms with Gasteiger partial charge in [0.1, 0.15) is 0 Å². The maximum absolute atomic E-state index is 3.11. The number of rotatable bonds is 5. The molecule has 0 radical (unpaired) electrons. The zero-order valence-corrected chi connectivity index (χ0v) is 11.5. The average molecular weight is 211 g/mol. The van der Waals surface area contributed by atoms with Crippen molar-refractivity contribution in [2.45, 2.75) is 54.4 Å². The second kappa shape index (κ2) is 13.4. The van der Waals surface area contributed by atoms with Crippen LogP contribution < -0.4 is 5.32 Å². The largest absolute Gasteiger partial charge is 0.317 e. The van der Waals surface area contributed by atoms with Crippen LogP contribution in [-0.4, -0.2) is 13.1 Å². The Morgan fingerprint density at radius 1 is 1.07 bits per heavy atom. The maximum Gasteiger partial charge on any atom is -0.00775 e. The van der Waals surface area contributed by atoms with Crippen molar-refractivity contribution in [1.29, 1.82) is 0 Å². The van der Waals surface area contributed by atoms with E-state index in [1.54, 1.807) is 0 Å². The molecule has 0 fully saturated rings. The Bertz CT molecular complexity index is 172. The summed E-state index contributed by atoms with van der Waals surface area (Å²) < 4.78 is 0. The summed E-state index contributed by atoms with van der Waals surface area (Å²) in [6.07, 6.45) is 6.87. The SMILES string of the molecule is C/C=C(\C)CCC=C(C)C.CCNCC. The van der Waals surface area contributed by atoms with Gasteiger partial charge in [0.25, 0.3) is 0 Å². The van der Waals surface area contributed by atoms with E-state index >= 15 is 0 Å². The molecular weight excluding hydrogens is 182 g/mol. The van der Waals surface area contributed by atoms with Gasteiger partial charge in [0.15, 0.2) is 0 Å². The molecule has 0 amide bonds. The molecule has 0 aliphatic carbocycles. The summed E-state index contributed by atoms with van der Waals surface area (Å²) >= 11 is 0. The second-order valence-electron chi connectivity index (χ2n) is 3.91. The summed E-state index contributed by atoms with van der Waals surface area (Å²) in [6.45, 7) is 15.0. The fourth-order valence-corrected chi connectivity index (χ4v) is 0.983. The van der Waals surface area contributed by atoms with Gasteiger partial charge < -0.3 is 5.32 Å². The number of allylic oxidation sites excluding steroid dienone is 4. The van der Waals surface area contributed by atoms with Gasteiger partial charge in [-0.25, -0.2) is 0 Å². The van der Waals surface area contributed by atoms with Crippen molar-refractivity contribution in [3.8, 4) is 0 Å². The molecular formula is C14H29N. The van der Waals surface area contributed by atoms with E-state index in [1.165, 1.54) is 24.0 Å². The van der Waals surface area contributed by atoms with Gasteiger partial charge in [0, 0.05) is 0 Å². The van der Waals surface area contributed by atoms with Gasteiger partial charge >= 0.3 is 0 Å². The summed E-state index contributed by atoms with van der Waals surface area (Å²) in [5, 5.41) is 3.11. The summed E-state index contributed by atoms with van der Waals surface area (Å²) in [4.78, 5) is 0. The fraction of sp³-hybridized carbons (Fsp3) is 0.714. The Kier molecular flexibility index (Phi) is 15.1. The predicted octanol–water partition coefficient (Wildman–Crippen LogP) is 4.31. The van der Waals surface area contributed by atoms with Crippen molar-refractivity contribution in [1.82, 2.24) is 5.32 Å². The molecule has 1 N–H and O–H groups in total. The molecule has 1 heteroatoms. The molecule has 0 saturated carbocycles. The van der Waals surface area contributed by atoms with Crippen molar-refractivity contribution < 1.29 is 0 Å². The number of hydrogen-bond acceptors (Lipinski definition) is 1. The Morgan fingerprint density at radius 2 is 1.60 bits per heavy atom. The molecule has 0 aliphatic heterocycles. The molecule has 0 rings (SSSR count). The molecule has 0 saturated heterocycles. The van der Waals surface area contributed by atoms with E-state index in [9.17, 15) is 0 Å². The standard InChI is InChI=1S/C10H18.C4H11N/c1-5-10(4)8-6-7-9(2)3;1-3-5-4-2/h5,7H,6,8H2,1-4H3;5H,3-4H2,1-2H3/b10-5+;. The van der Waals surface area contributed by atoms with Crippen molar-refractivity contribution in [3.05, 3.63) is 23.3 Å². The summed E-state index contributed by atoms with van der Waals surface area (Å²) in [6, 6.07) is 0. The summed E-state index contributed by atoms with van der Waals surface area (Å²) in [7, 11) is 0. The first-order valence-electron chi connectivity index (χ1n) is 6.04. The first kappa shape index (κ1) is 16.9. The van der Waals surface area contributed by atoms with E-state index in [0.717, 1.165) is 13.1 Å². The van der Waals surface area contributed by atoms with Crippen LogP contribution in [-0.2, 0) is 0 Å². The molecule has 0 aromatic heterocycles. The van der Waals surface area contributed by atoms with Crippen molar-refractivity contribution in [2.24, 2.45) is 0 Å². The van der Waals surface area contributed by atoms with Gasteiger partial charge in [0.2, 0.25) is 0 Å². The Labute approximate surface area is 96.7 Å². The maximum atomic E-state index is 3.11. The molecule has 15 heavy (non-hydrogen) atoms. The third kappa shape index (κ3) is 19.7. The molecule has 90 valence electrons. The predicted molar refractivity (Wildman–Crippen MR) is 72.3 cm³/mol. The minimum Gasteiger partial charge on any atom is -0.317 e. The normalized spacial score (nSPS) is 10.4. The third-order valence-corrected chi connectivity index (χ3v) is 2.08. The van der Waals surface area contributed by atoms with Gasteiger partial charge in [-0.3, -0.25) is 0 Å². The number of hydrogen-bond donors (Lipinski definition) is 1. The minimum atomic E-state index is 1.09. The molecule has 0 bridgehead atoms. The lowest BCUT2D eigenvalue weighted by molar-refractivity contribution is 0.762. The first-order chi connectivity index (χ1) is 7.08. The van der Waals surface area contributed by atoms with E-state index in [-0.39, 0.29) is 0 Å². The smallest absolute Gasteiger partial charge is 0.00775 e. The lowest BCUT2D eigenvalue weighted by Crippen LogP contribution is -2.09. The monoisotopic (exact) mass is 211 g/mol. The second-order valence-corrected chi connectivity index (χ2v) is 3.91. The fourth-order valence-electron chi connectivity index (χ4n) is 0.983. The zero-order valence-electron chi connectivity index (χ0n) is 11.5. The molecule has 0 aromatic rings. The van der Waals surface area contributed by atoms with Crippen LogP contribution in [0.5, 0.6) is 0 Å². The minimum absolute atomic E-state index is 1.09. The highest BCUT2D eigenvalue weighted by Crippen LogP contribution is 2.05. The summed E-state index contributed by atoms with van der Waals surface area (Å²) in [5.74, 6) is 0. The van der Waals surface area contributed by atoms with Gasteiger partial charge in [-0.15, -0.1) is 0 Å². The van der Waals surface area contributed by atoms with Crippen LogP contribution in [0.15, 0.2) is 23.3 Å². The van der Waals surface area contributed by atoms with Crippen LogP contribution in [0.2, 0.25) is 0 Å². The molecule has 0 atom stereocenters. The van der Waals surface area contributed by atoms with Gasteiger partial charge in [0.05, 0.1) is 0 Å². The third-order valence-electron chi connectivity index (χ3n) is 2.08. The topological polar surface area (TPSA) is 12.0 Å². The van der Waals surface area contributed by atoms with Gasteiger partial charge in [-0.1, -0.05) is 37.1 Å². The highest BCUT2D eigenvalue weighted by molar-refractivity contribution is 5.00. The van der Waals surface area contributed by atoms with Crippen LogP contribution in [0.1, 0.15) is 54.4 Å². The van der Waals surface area contributed by atoms with Gasteiger partial charge in [-0.2, -0.15) is 0 Å². The average Bonchev–Trinajstić information content (AvgIpc) is 2.19. The van der Waals surface area contributed by atoms with Crippen LogP contribution in [0.4, 0.5) is 0 Å². The van der Waals surface area contributed by atoms with Crippen LogP contribution in [0.3, 0.4) is 0 Å². The highest BCUT2D eigenvalue weighted by Gasteiger charge is 1.84.